The summed E-state index contributed by atoms with van der Waals surface area (Å²) in [5.74, 6) is 0.682. The zero-order valence-electron chi connectivity index (χ0n) is 8.32. The maximum Gasteiger partial charge on any atom is 0.0357 e. The van der Waals surface area contributed by atoms with E-state index in [1.165, 1.54) is 12.0 Å². The van der Waals surface area contributed by atoms with E-state index in [9.17, 15) is 0 Å². The van der Waals surface area contributed by atoms with Crippen molar-refractivity contribution in [2.24, 2.45) is 4.99 Å². The van der Waals surface area contributed by atoms with E-state index in [1.54, 1.807) is 0 Å². The molecule has 0 aromatic heterocycles. The molecule has 1 aliphatic carbocycles. The molecule has 0 fully saturated rings. The van der Waals surface area contributed by atoms with Crippen LogP contribution < -0.4 is 0 Å². The molecule has 0 saturated carbocycles. The molecule has 1 atom stereocenters. The molecule has 1 unspecified atom stereocenters. The van der Waals surface area contributed by atoms with Crippen molar-refractivity contribution in [2.45, 2.75) is 25.2 Å². The van der Waals surface area contributed by atoms with Crippen molar-refractivity contribution in [1.82, 2.24) is 0 Å². The number of aliphatic imine (C=N–C) groups is 1. The van der Waals surface area contributed by atoms with E-state index in [0.717, 1.165) is 18.5 Å². The normalized spacial score (nSPS) is 21.4. The standard InChI is InChI=1S/C13H15N/c1-14-13-9-7-12(8-10-13)11-5-3-2-4-6-11/h2-6,9,12H,1,7-8,10H2. The predicted octanol–water partition coefficient (Wildman–Crippen LogP) is 3.54. The van der Waals surface area contributed by atoms with E-state index < -0.39 is 0 Å². The smallest absolute Gasteiger partial charge is 0.0357 e. The van der Waals surface area contributed by atoms with Crippen LogP contribution in [0.2, 0.25) is 0 Å². The van der Waals surface area contributed by atoms with Crippen molar-refractivity contribution in [3.63, 3.8) is 0 Å². The van der Waals surface area contributed by atoms with E-state index in [0.29, 0.717) is 5.92 Å². The molecule has 0 spiro atoms. The molecule has 0 heterocycles. The lowest BCUT2D eigenvalue weighted by molar-refractivity contribution is 0.597. The molecule has 72 valence electrons. The topological polar surface area (TPSA) is 12.4 Å². The number of rotatable bonds is 2. The lowest BCUT2D eigenvalue weighted by Crippen LogP contribution is -2.03. The lowest BCUT2D eigenvalue weighted by Gasteiger charge is -2.20. The van der Waals surface area contributed by atoms with Gasteiger partial charge in [0.25, 0.3) is 0 Å². The van der Waals surface area contributed by atoms with Gasteiger partial charge in [-0.25, -0.2) is 0 Å². The molecule has 1 aliphatic rings. The molecule has 1 aromatic rings. The van der Waals surface area contributed by atoms with Crippen LogP contribution in [0.25, 0.3) is 0 Å². The summed E-state index contributed by atoms with van der Waals surface area (Å²) in [6, 6.07) is 10.7. The number of hydrogen-bond acceptors (Lipinski definition) is 1. The molecule has 0 aliphatic heterocycles. The van der Waals surface area contributed by atoms with Crippen molar-refractivity contribution >= 4 is 6.72 Å². The summed E-state index contributed by atoms with van der Waals surface area (Å²) in [4.78, 5) is 3.99. The van der Waals surface area contributed by atoms with Gasteiger partial charge in [0.05, 0.1) is 0 Å². The first-order valence-electron chi connectivity index (χ1n) is 5.11. The van der Waals surface area contributed by atoms with Gasteiger partial charge in [-0.2, -0.15) is 0 Å². The highest BCUT2D eigenvalue weighted by molar-refractivity contribution is 5.30. The number of nitrogens with zero attached hydrogens (tertiary/aromatic N) is 1. The summed E-state index contributed by atoms with van der Waals surface area (Å²) in [7, 11) is 0. The van der Waals surface area contributed by atoms with Gasteiger partial charge in [-0.3, -0.25) is 4.99 Å². The molecule has 2 rings (SSSR count). The lowest BCUT2D eigenvalue weighted by atomic mass is 9.87. The first-order valence-corrected chi connectivity index (χ1v) is 5.11. The van der Waals surface area contributed by atoms with E-state index in [1.807, 2.05) is 0 Å². The van der Waals surface area contributed by atoms with Gasteiger partial charge in [-0.15, -0.1) is 0 Å². The average molecular weight is 185 g/mol. The Kier molecular flexibility index (Phi) is 2.78. The fourth-order valence-corrected chi connectivity index (χ4v) is 1.99. The molecule has 1 heteroatoms. The summed E-state index contributed by atoms with van der Waals surface area (Å²) in [6.07, 6.45) is 5.60. The number of allylic oxidation sites excluding steroid dienone is 2. The largest absolute Gasteiger partial charge is 0.269 e. The van der Waals surface area contributed by atoms with Crippen LogP contribution in [0.3, 0.4) is 0 Å². The minimum atomic E-state index is 0.682. The predicted molar refractivity (Wildman–Crippen MR) is 60.7 cm³/mol. The van der Waals surface area contributed by atoms with Gasteiger partial charge in [0.1, 0.15) is 0 Å². The van der Waals surface area contributed by atoms with Crippen molar-refractivity contribution < 1.29 is 0 Å². The van der Waals surface area contributed by atoms with Crippen LogP contribution in [0.4, 0.5) is 0 Å². The fourth-order valence-electron chi connectivity index (χ4n) is 1.99. The van der Waals surface area contributed by atoms with Crippen LogP contribution in [0.5, 0.6) is 0 Å². The van der Waals surface area contributed by atoms with Gasteiger partial charge >= 0.3 is 0 Å². The molecule has 0 N–H and O–H groups in total. The Bertz CT molecular complexity index is 338. The SMILES string of the molecule is C=NC1=CCC(c2ccccc2)CC1. The van der Waals surface area contributed by atoms with E-state index in [4.69, 9.17) is 0 Å². The van der Waals surface area contributed by atoms with Crippen LogP contribution >= 0.6 is 0 Å². The molecule has 0 radical (unpaired) electrons. The second-order valence-electron chi connectivity index (χ2n) is 3.74. The Hall–Kier alpha value is -1.37. The maximum atomic E-state index is 3.99. The van der Waals surface area contributed by atoms with Gasteiger partial charge in [0.2, 0.25) is 0 Å². The minimum Gasteiger partial charge on any atom is -0.269 e. The molecule has 0 amide bonds. The molecular weight excluding hydrogens is 170 g/mol. The second-order valence-corrected chi connectivity index (χ2v) is 3.74. The highest BCUT2D eigenvalue weighted by Crippen LogP contribution is 2.31. The van der Waals surface area contributed by atoms with E-state index >= 15 is 0 Å². The van der Waals surface area contributed by atoms with Gasteiger partial charge in [-0.05, 0) is 37.5 Å². The summed E-state index contributed by atoms with van der Waals surface area (Å²) >= 11 is 0. The number of hydrogen-bond donors (Lipinski definition) is 0. The third kappa shape index (κ3) is 1.92. The monoisotopic (exact) mass is 185 g/mol. The van der Waals surface area contributed by atoms with Crippen molar-refractivity contribution in [3.8, 4) is 0 Å². The highest BCUT2D eigenvalue weighted by atomic mass is 14.7. The van der Waals surface area contributed by atoms with Gasteiger partial charge < -0.3 is 0 Å². The minimum absolute atomic E-state index is 0.682. The Morgan fingerprint density at radius 1 is 1.21 bits per heavy atom. The molecule has 0 saturated heterocycles. The molecular formula is C13H15N. The van der Waals surface area contributed by atoms with Crippen molar-refractivity contribution in [1.29, 1.82) is 0 Å². The Balaban J connectivity index is 2.10. The van der Waals surface area contributed by atoms with Crippen molar-refractivity contribution in [2.75, 3.05) is 0 Å². The van der Waals surface area contributed by atoms with E-state index in [-0.39, 0.29) is 0 Å². The highest BCUT2D eigenvalue weighted by Gasteiger charge is 2.14. The van der Waals surface area contributed by atoms with E-state index in [2.05, 4.69) is 48.1 Å². The Morgan fingerprint density at radius 3 is 2.57 bits per heavy atom. The van der Waals surface area contributed by atoms with Gasteiger partial charge in [0, 0.05) is 5.70 Å². The zero-order valence-corrected chi connectivity index (χ0v) is 8.32. The molecule has 0 bridgehead atoms. The van der Waals surface area contributed by atoms with Crippen LogP contribution in [0.1, 0.15) is 30.7 Å². The average Bonchev–Trinajstić information content (AvgIpc) is 2.30. The first kappa shape index (κ1) is 9.20. The van der Waals surface area contributed by atoms with Crippen LogP contribution in [0, 0.1) is 0 Å². The third-order valence-corrected chi connectivity index (χ3v) is 2.86. The Labute approximate surface area is 85.2 Å². The molecule has 1 nitrogen and oxygen atoms in total. The molecule has 1 aromatic carbocycles. The fraction of sp³-hybridized carbons (Fsp3) is 0.308. The quantitative estimate of drug-likeness (QED) is 0.625. The van der Waals surface area contributed by atoms with Crippen LogP contribution in [-0.2, 0) is 0 Å². The van der Waals surface area contributed by atoms with Gasteiger partial charge in [-0.1, -0.05) is 36.4 Å². The summed E-state index contributed by atoms with van der Waals surface area (Å²) in [5, 5.41) is 0. The van der Waals surface area contributed by atoms with Gasteiger partial charge in [0.15, 0.2) is 0 Å². The van der Waals surface area contributed by atoms with Crippen LogP contribution in [0.15, 0.2) is 47.1 Å². The third-order valence-electron chi connectivity index (χ3n) is 2.86. The summed E-state index contributed by atoms with van der Waals surface area (Å²) < 4.78 is 0. The number of benzene rings is 1. The molecule has 14 heavy (non-hydrogen) atoms. The Morgan fingerprint density at radius 2 is 2.00 bits per heavy atom. The second kappa shape index (κ2) is 4.23. The van der Waals surface area contributed by atoms with Crippen LogP contribution in [-0.4, -0.2) is 6.72 Å². The summed E-state index contributed by atoms with van der Waals surface area (Å²) in [6.45, 7) is 3.56. The maximum absolute atomic E-state index is 3.99. The summed E-state index contributed by atoms with van der Waals surface area (Å²) in [5.41, 5.74) is 2.61. The van der Waals surface area contributed by atoms with Crippen molar-refractivity contribution in [3.05, 3.63) is 47.7 Å². The zero-order chi connectivity index (χ0) is 9.80. The first-order chi connectivity index (χ1) is 6.90.